The topological polar surface area (TPSA) is 51.5 Å². The predicted molar refractivity (Wildman–Crippen MR) is 79.2 cm³/mol. The fourth-order valence-electron chi connectivity index (χ4n) is 2.45. The Labute approximate surface area is 119 Å². The van der Waals surface area contributed by atoms with Crippen LogP contribution in [-0.4, -0.2) is 33.9 Å². The fourth-order valence-corrected chi connectivity index (χ4v) is 2.45. The Morgan fingerprint density at radius 1 is 1.40 bits per heavy atom. The van der Waals surface area contributed by atoms with E-state index in [1.54, 1.807) is 6.20 Å². The molecule has 1 saturated heterocycles. The number of hydrogen-bond donors (Lipinski definition) is 1. The van der Waals surface area contributed by atoms with Crippen molar-refractivity contribution in [3.05, 3.63) is 24.2 Å². The molecule has 1 N–H and O–H groups in total. The second kappa shape index (κ2) is 5.05. The van der Waals surface area contributed by atoms with Gasteiger partial charge < -0.3 is 10.1 Å². The van der Waals surface area contributed by atoms with E-state index in [0.29, 0.717) is 6.04 Å². The Bertz CT molecular complexity index is 593. The molecule has 0 radical (unpaired) electrons. The number of ether oxygens (including phenoxy) is 1. The minimum atomic E-state index is 0.0389. The van der Waals surface area contributed by atoms with E-state index in [2.05, 4.69) is 42.2 Å². The van der Waals surface area contributed by atoms with Gasteiger partial charge in [-0.1, -0.05) is 20.8 Å². The minimum Gasteiger partial charge on any atom is -0.379 e. The average Bonchev–Trinajstić information content (AvgIpc) is 2.85. The van der Waals surface area contributed by atoms with E-state index >= 15 is 0 Å². The molecular weight excluding hydrogens is 252 g/mol. The van der Waals surface area contributed by atoms with E-state index in [1.807, 2.05) is 10.7 Å². The Morgan fingerprint density at radius 3 is 2.95 bits per heavy atom. The third kappa shape index (κ3) is 2.63. The largest absolute Gasteiger partial charge is 0.379 e. The molecule has 5 nitrogen and oxygen atoms in total. The lowest BCUT2D eigenvalue weighted by Gasteiger charge is -2.23. The van der Waals surface area contributed by atoms with E-state index in [0.717, 1.165) is 43.1 Å². The molecule has 0 bridgehead atoms. The monoisotopic (exact) mass is 274 g/mol. The summed E-state index contributed by atoms with van der Waals surface area (Å²) in [7, 11) is 0. The molecule has 1 aliphatic rings. The number of aromatic nitrogens is 3. The first-order chi connectivity index (χ1) is 9.54. The molecule has 108 valence electrons. The zero-order valence-electron chi connectivity index (χ0n) is 12.4. The Morgan fingerprint density at radius 2 is 2.25 bits per heavy atom. The number of rotatable bonds is 2. The van der Waals surface area contributed by atoms with Crippen LogP contribution in [0.25, 0.3) is 5.52 Å². The molecule has 3 rings (SSSR count). The Kier molecular flexibility index (Phi) is 3.38. The van der Waals surface area contributed by atoms with Crippen LogP contribution in [0, 0.1) is 0 Å². The Hall–Kier alpha value is -1.62. The van der Waals surface area contributed by atoms with Gasteiger partial charge >= 0.3 is 0 Å². The van der Waals surface area contributed by atoms with Crippen LogP contribution in [0.3, 0.4) is 0 Å². The number of fused-ring (bicyclic) bond motifs is 1. The van der Waals surface area contributed by atoms with Crippen molar-refractivity contribution in [3.63, 3.8) is 0 Å². The normalized spacial score (nSPS) is 20.2. The first-order valence-electron chi connectivity index (χ1n) is 7.23. The SMILES string of the molecule is CC(C)(C)c1cc2c(NC3CCCOC3)nccn2n1. The third-order valence-corrected chi connectivity index (χ3v) is 3.66. The van der Waals surface area contributed by atoms with Gasteiger partial charge in [0, 0.05) is 24.4 Å². The summed E-state index contributed by atoms with van der Waals surface area (Å²) in [4.78, 5) is 4.47. The molecule has 0 spiro atoms. The van der Waals surface area contributed by atoms with Crippen LogP contribution < -0.4 is 5.32 Å². The molecule has 1 atom stereocenters. The highest BCUT2D eigenvalue weighted by Crippen LogP contribution is 2.25. The highest BCUT2D eigenvalue weighted by atomic mass is 16.5. The molecular formula is C15H22N4O. The molecule has 3 heterocycles. The van der Waals surface area contributed by atoms with Gasteiger partial charge in [-0.2, -0.15) is 5.10 Å². The summed E-state index contributed by atoms with van der Waals surface area (Å²) >= 11 is 0. The maximum absolute atomic E-state index is 5.51. The summed E-state index contributed by atoms with van der Waals surface area (Å²) in [5, 5.41) is 8.13. The number of nitrogens with one attached hydrogen (secondary N) is 1. The van der Waals surface area contributed by atoms with Crippen LogP contribution in [-0.2, 0) is 10.2 Å². The van der Waals surface area contributed by atoms with Crippen LogP contribution in [0.15, 0.2) is 18.5 Å². The molecule has 2 aromatic rings. The quantitative estimate of drug-likeness (QED) is 0.914. The number of anilines is 1. The molecule has 1 fully saturated rings. The van der Waals surface area contributed by atoms with Gasteiger partial charge in [-0.05, 0) is 18.9 Å². The highest BCUT2D eigenvalue weighted by molar-refractivity contribution is 5.68. The van der Waals surface area contributed by atoms with Crippen LogP contribution in [0.1, 0.15) is 39.3 Å². The smallest absolute Gasteiger partial charge is 0.152 e. The van der Waals surface area contributed by atoms with E-state index in [4.69, 9.17) is 4.74 Å². The van der Waals surface area contributed by atoms with Crippen molar-refractivity contribution in [2.75, 3.05) is 18.5 Å². The maximum atomic E-state index is 5.51. The lowest BCUT2D eigenvalue weighted by atomic mass is 9.92. The second-order valence-electron chi connectivity index (χ2n) is 6.44. The standard InChI is InChI=1S/C15H22N4O/c1-15(2,3)13-9-12-14(16-6-7-19(12)18-13)17-11-5-4-8-20-10-11/h6-7,9,11H,4-5,8,10H2,1-3H3,(H,16,17). The van der Waals surface area contributed by atoms with Crippen molar-refractivity contribution < 1.29 is 4.74 Å². The zero-order chi connectivity index (χ0) is 14.2. The van der Waals surface area contributed by atoms with Gasteiger partial charge in [0.25, 0.3) is 0 Å². The van der Waals surface area contributed by atoms with E-state index in [9.17, 15) is 0 Å². The molecule has 1 aliphatic heterocycles. The first-order valence-corrected chi connectivity index (χ1v) is 7.23. The van der Waals surface area contributed by atoms with Crippen molar-refractivity contribution in [1.29, 1.82) is 0 Å². The summed E-state index contributed by atoms with van der Waals surface area (Å²) in [6, 6.07) is 2.47. The van der Waals surface area contributed by atoms with Crippen LogP contribution >= 0.6 is 0 Å². The predicted octanol–water partition coefficient (Wildman–Crippen LogP) is 2.62. The molecule has 0 saturated carbocycles. The first kappa shape index (κ1) is 13.4. The van der Waals surface area contributed by atoms with Crippen LogP contribution in [0.2, 0.25) is 0 Å². The third-order valence-electron chi connectivity index (χ3n) is 3.66. The van der Waals surface area contributed by atoms with Crippen LogP contribution in [0.4, 0.5) is 5.82 Å². The fraction of sp³-hybridized carbons (Fsp3) is 0.600. The zero-order valence-corrected chi connectivity index (χ0v) is 12.4. The summed E-state index contributed by atoms with van der Waals surface area (Å²) in [6.07, 6.45) is 5.92. The Balaban J connectivity index is 1.92. The number of nitrogens with zero attached hydrogens (tertiary/aromatic N) is 3. The van der Waals surface area contributed by atoms with Crippen molar-refractivity contribution in [1.82, 2.24) is 14.6 Å². The maximum Gasteiger partial charge on any atom is 0.152 e. The van der Waals surface area contributed by atoms with Gasteiger partial charge in [0.1, 0.15) is 5.52 Å². The van der Waals surface area contributed by atoms with Gasteiger partial charge in [-0.3, -0.25) is 0 Å². The van der Waals surface area contributed by atoms with Crippen molar-refractivity contribution in [3.8, 4) is 0 Å². The van der Waals surface area contributed by atoms with Gasteiger partial charge in [0.05, 0.1) is 18.3 Å². The molecule has 0 amide bonds. The number of hydrogen-bond acceptors (Lipinski definition) is 4. The molecule has 0 aliphatic carbocycles. The minimum absolute atomic E-state index is 0.0389. The summed E-state index contributed by atoms with van der Waals surface area (Å²) in [5.41, 5.74) is 2.15. The molecule has 0 aromatic carbocycles. The molecule has 5 heteroatoms. The van der Waals surface area contributed by atoms with Gasteiger partial charge in [-0.25, -0.2) is 9.50 Å². The van der Waals surface area contributed by atoms with Gasteiger partial charge in [0.15, 0.2) is 5.82 Å². The summed E-state index contributed by atoms with van der Waals surface area (Å²) < 4.78 is 7.42. The van der Waals surface area contributed by atoms with Crippen molar-refractivity contribution in [2.45, 2.75) is 45.1 Å². The van der Waals surface area contributed by atoms with Gasteiger partial charge in [0.2, 0.25) is 0 Å². The van der Waals surface area contributed by atoms with Crippen LogP contribution in [0.5, 0.6) is 0 Å². The molecule has 2 aromatic heterocycles. The molecule has 20 heavy (non-hydrogen) atoms. The average molecular weight is 274 g/mol. The van der Waals surface area contributed by atoms with Crippen molar-refractivity contribution in [2.24, 2.45) is 0 Å². The second-order valence-corrected chi connectivity index (χ2v) is 6.44. The lowest BCUT2D eigenvalue weighted by molar-refractivity contribution is 0.0875. The van der Waals surface area contributed by atoms with E-state index in [1.165, 1.54) is 0 Å². The van der Waals surface area contributed by atoms with Crippen molar-refractivity contribution >= 4 is 11.3 Å². The van der Waals surface area contributed by atoms with E-state index < -0.39 is 0 Å². The summed E-state index contributed by atoms with van der Waals surface area (Å²) in [6.45, 7) is 8.14. The summed E-state index contributed by atoms with van der Waals surface area (Å²) in [5.74, 6) is 0.894. The lowest BCUT2D eigenvalue weighted by Crippen LogP contribution is -2.30. The highest BCUT2D eigenvalue weighted by Gasteiger charge is 2.20. The van der Waals surface area contributed by atoms with Gasteiger partial charge in [-0.15, -0.1) is 0 Å². The van der Waals surface area contributed by atoms with E-state index in [-0.39, 0.29) is 5.41 Å². The molecule has 1 unspecified atom stereocenters.